The number of hydrogen-bond acceptors (Lipinski definition) is 7. The number of rotatable bonds is 5. The van der Waals surface area contributed by atoms with Gasteiger partial charge in [0, 0.05) is 50.6 Å². The van der Waals surface area contributed by atoms with E-state index in [1.807, 2.05) is 13.1 Å². The number of aryl methyl sites for hydroxylation is 1. The topological polar surface area (TPSA) is 108 Å². The van der Waals surface area contributed by atoms with Crippen molar-refractivity contribution in [3.8, 4) is 0 Å². The number of aliphatic hydroxyl groups is 2. The predicted molar refractivity (Wildman–Crippen MR) is 87.7 cm³/mol. The molecule has 9 nitrogen and oxygen atoms in total. The molecule has 1 fully saturated rings. The van der Waals surface area contributed by atoms with Crippen molar-refractivity contribution < 1.29 is 19.5 Å². The van der Waals surface area contributed by atoms with E-state index in [-0.39, 0.29) is 24.8 Å². The first-order chi connectivity index (χ1) is 12.1. The fraction of sp³-hybridized carbons (Fsp3) is 0.562. The summed E-state index contributed by atoms with van der Waals surface area (Å²) in [4.78, 5) is 16.1. The highest BCUT2D eigenvalue weighted by molar-refractivity contribution is 5.92. The molecule has 2 aromatic heterocycles. The smallest absolute Gasteiger partial charge is 0.276 e. The second-order valence-electron chi connectivity index (χ2n) is 6.25. The molecule has 0 saturated carbocycles. The maximum absolute atomic E-state index is 12.4. The lowest BCUT2D eigenvalue weighted by atomic mass is 10.2. The first-order valence-electron chi connectivity index (χ1n) is 8.30. The molecule has 9 heteroatoms. The average Bonchev–Trinajstić information content (AvgIpc) is 3.17. The molecule has 3 rings (SSSR count). The van der Waals surface area contributed by atoms with Crippen molar-refractivity contribution in [1.29, 1.82) is 0 Å². The first kappa shape index (κ1) is 17.6. The van der Waals surface area contributed by atoms with Crippen LogP contribution in [0, 0.1) is 6.92 Å². The van der Waals surface area contributed by atoms with Gasteiger partial charge in [-0.15, -0.1) is 0 Å². The third-order valence-corrected chi connectivity index (χ3v) is 4.30. The lowest BCUT2D eigenvalue weighted by molar-refractivity contribution is 0.0653. The Morgan fingerprint density at radius 2 is 2.24 bits per heavy atom. The van der Waals surface area contributed by atoms with E-state index in [2.05, 4.69) is 15.2 Å². The zero-order valence-corrected chi connectivity index (χ0v) is 14.2. The van der Waals surface area contributed by atoms with Gasteiger partial charge in [-0.05, 0) is 6.92 Å². The minimum Gasteiger partial charge on any atom is -0.394 e. The van der Waals surface area contributed by atoms with Gasteiger partial charge in [0.05, 0.1) is 24.9 Å². The fourth-order valence-corrected chi connectivity index (χ4v) is 3.04. The highest BCUT2D eigenvalue weighted by atomic mass is 16.5. The molecule has 0 radical (unpaired) electrons. The van der Waals surface area contributed by atoms with Crippen molar-refractivity contribution in [2.75, 3.05) is 32.8 Å². The maximum Gasteiger partial charge on any atom is 0.276 e. The van der Waals surface area contributed by atoms with Gasteiger partial charge in [-0.2, -0.15) is 5.10 Å². The zero-order chi connectivity index (χ0) is 17.8. The third kappa shape index (κ3) is 4.25. The Kier molecular flexibility index (Phi) is 5.47. The lowest BCUT2D eigenvalue weighted by Crippen LogP contribution is -2.37. The van der Waals surface area contributed by atoms with E-state index in [0.717, 1.165) is 11.3 Å². The molecule has 136 valence electrons. The van der Waals surface area contributed by atoms with Crippen LogP contribution in [0.15, 0.2) is 23.0 Å². The van der Waals surface area contributed by atoms with Gasteiger partial charge in [0.2, 0.25) is 0 Å². The van der Waals surface area contributed by atoms with Crippen LogP contribution >= 0.6 is 0 Å². The largest absolute Gasteiger partial charge is 0.394 e. The quantitative estimate of drug-likeness (QED) is 0.748. The Morgan fingerprint density at radius 3 is 2.96 bits per heavy atom. The molecule has 1 aliphatic rings. The van der Waals surface area contributed by atoms with Crippen LogP contribution in [0.4, 0.5) is 0 Å². The minimum absolute atomic E-state index is 0.0438. The van der Waals surface area contributed by atoms with E-state index in [0.29, 0.717) is 32.7 Å². The van der Waals surface area contributed by atoms with E-state index >= 15 is 0 Å². The monoisotopic (exact) mass is 349 g/mol. The van der Waals surface area contributed by atoms with Gasteiger partial charge in [0.25, 0.3) is 5.91 Å². The van der Waals surface area contributed by atoms with E-state index in [4.69, 9.17) is 9.63 Å². The molecule has 0 spiro atoms. The molecule has 1 aliphatic heterocycles. The van der Waals surface area contributed by atoms with Crippen LogP contribution in [0.3, 0.4) is 0 Å². The highest BCUT2D eigenvalue weighted by Crippen LogP contribution is 2.14. The second-order valence-corrected chi connectivity index (χ2v) is 6.25. The van der Waals surface area contributed by atoms with Crippen molar-refractivity contribution in [1.82, 2.24) is 24.7 Å². The summed E-state index contributed by atoms with van der Waals surface area (Å²) < 4.78 is 6.44. The van der Waals surface area contributed by atoms with Gasteiger partial charge in [0.1, 0.15) is 6.26 Å². The van der Waals surface area contributed by atoms with Crippen molar-refractivity contribution in [3.63, 3.8) is 0 Å². The van der Waals surface area contributed by atoms with Crippen LogP contribution in [-0.4, -0.2) is 79.7 Å². The number of amides is 1. The fourth-order valence-electron chi connectivity index (χ4n) is 3.04. The summed E-state index contributed by atoms with van der Waals surface area (Å²) in [6.45, 7) is 4.97. The summed E-state index contributed by atoms with van der Waals surface area (Å²) >= 11 is 0. The molecule has 1 saturated heterocycles. The molecular formula is C16H23N5O4. The van der Waals surface area contributed by atoms with E-state index in [1.165, 1.54) is 12.3 Å². The van der Waals surface area contributed by atoms with E-state index in [1.54, 1.807) is 9.58 Å². The standard InChI is InChI=1S/C16H23N5O4/c1-12-13(9-21(17-12)5-6-22)8-19-3-4-20(11-14(23)10-19)16(24)15-2-7-25-18-15/h2,7,9,14,22-23H,3-6,8,10-11H2,1H3/t14-/m1/s1. The molecule has 1 atom stereocenters. The van der Waals surface area contributed by atoms with Crippen molar-refractivity contribution in [2.45, 2.75) is 26.1 Å². The summed E-state index contributed by atoms with van der Waals surface area (Å²) in [5, 5.41) is 27.3. The number of aromatic nitrogens is 3. The average molecular weight is 349 g/mol. The molecule has 0 aliphatic carbocycles. The van der Waals surface area contributed by atoms with Crippen LogP contribution < -0.4 is 0 Å². The highest BCUT2D eigenvalue weighted by Gasteiger charge is 2.26. The van der Waals surface area contributed by atoms with Gasteiger partial charge >= 0.3 is 0 Å². The van der Waals surface area contributed by atoms with Gasteiger partial charge < -0.3 is 19.6 Å². The van der Waals surface area contributed by atoms with Crippen LogP contribution in [0.25, 0.3) is 0 Å². The number of aliphatic hydroxyl groups excluding tert-OH is 2. The minimum atomic E-state index is -0.633. The Morgan fingerprint density at radius 1 is 1.40 bits per heavy atom. The molecular weight excluding hydrogens is 326 g/mol. The number of nitrogens with zero attached hydrogens (tertiary/aromatic N) is 5. The molecule has 3 heterocycles. The molecule has 0 bridgehead atoms. The number of carbonyl (C=O) groups excluding carboxylic acids is 1. The zero-order valence-electron chi connectivity index (χ0n) is 14.2. The SMILES string of the molecule is Cc1nn(CCO)cc1CN1CCN(C(=O)c2ccon2)C[C@H](O)C1. The van der Waals surface area contributed by atoms with E-state index in [9.17, 15) is 9.90 Å². The van der Waals surface area contributed by atoms with Crippen LogP contribution in [0.2, 0.25) is 0 Å². The van der Waals surface area contributed by atoms with Crippen molar-refractivity contribution in [3.05, 3.63) is 35.5 Å². The lowest BCUT2D eigenvalue weighted by Gasteiger charge is -2.20. The van der Waals surface area contributed by atoms with Crippen LogP contribution in [0.5, 0.6) is 0 Å². The summed E-state index contributed by atoms with van der Waals surface area (Å²) in [7, 11) is 0. The molecule has 2 N–H and O–H groups in total. The van der Waals surface area contributed by atoms with Crippen LogP contribution in [-0.2, 0) is 13.1 Å². The molecule has 0 unspecified atom stereocenters. The van der Waals surface area contributed by atoms with Crippen LogP contribution in [0.1, 0.15) is 21.7 Å². The van der Waals surface area contributed by atoms with E-state index < -0.39 is 6.10 Å². The summed E-state index contributed by atoms with van der Waals surface area (Å²) in [5.41, 5.74) is 2.21. The Labute approximate surface area is 145 Å². The Bertz CT molecular complexity index is 699. The van der Waals surface area contributed by atoms with Crippen molar-refractivity contribution in [2.24, 2.45) is 0 Å². The summed E-state index contributed by atoms with van der Waals surface area (Å²) in [5.74, 6) is -0.235. The summed E-state index contributed by atoms with van der Waals surface area (Å²) in [6, 6.07) is 1.52. The first-order valence-corrected chi connectivity index (χ1v) is 8.30. The van der Waals surface area contributed by atoms with Gasteiger partial charge in [-0.3, -0.25) is 14.4 Å². The number of β-amino-alcohol motifs (C(OH)–C–C–N with tert-alkyl or cyclic N) is 1. The number of hydrogen-bond donors (Lipinski definition) is 2. The Balaban J connectivity index is 1.64. The van der Waals surface area contributed by atoms with Gasteiger partial charge in [-0.25, -0.2) is 0 Å². The predicted octanol–water partition coefficient (Wildman–Crippen LogP) is -0.509. The number of carbonyl (C=O) groups is 1. The molecule has 2 aromatic rings. The normalized spacial score (nSPS) is 19.2. The second kappa shape index (κ2) is 7.77. The Hall–Kier alpha value is -2.23. The maximum atomic E-state index is 12.4. The molecule has 25 heavy (non-hydrogen) atoms. The van der Waals surface area contributed by atoms with Crippen molar-refractivity contribution >= 4 is 5.91 Å². The van der Waals surface area contributed by atoms with Gasteiger partial charge in [0.15, 0.2) is 5.69 Å². The summed E-state index contributed by atoms with van der Waals surface area (Å²) in [6.07, 6.45) is 2.65. The third-order valence-electron chi connectivity index (χ3n) is 4.30. The molecule has 0 aromatic carbocycles. The molecule has 1 amide bonds. The van der Waals surface area contributed by atoms with Gasteiger partial charge in [-0.1, -0.05) is 5.16 Å².